The second kappa shape index (κ2) is 5.13. The number of furan rings is 1. The van der Waals surface area contributed by atoms with Gasteiger partial charge in [-0.25, -0.2) is 8.78 Å². The van der Waals surface area contributed by atoms with Crippen LogP contribution in [0.3, 0.4) is 0 Å². The predicted molar refractivity (Wildman–Crippen MR) is 78.3 cm³/mol. The average molecular weight is 308 g/mol. The third-order valence-corrected chi connectivity index (χ3v) is 3.65. The van der Waals surface area contributed by atoms with Crippen molar-refractivity contribution in [1.82, 2.24) is 0 Å². The van der Waals surface area contributed by atoms with E-state index in [-0.39, 0.29) is 5.56 Å². The summed E-state index contributed by atoms with van der Waals surface area (Å²) in [4.78, 5) is 0. The molecule has 0 spiro atoms. The van der Waals surface area contributed by atoms with E-state index in [1.807, 2.05) is 0 Å². The van der Waals surface area contributed by atoms with Crippen LogP contribution < -0.4 is 5.73 Å². The van der Waals surface area contributed by atoms with E-state index in [2.05, 4.69) is 0 Å². The minimum atomic E-state index is -0.810. The van der Waals surface area contributed by atoms with E-state index < -0.39 is 17.7 Å². The highest BCUT2D eigenvalue weighted by Crippen LogP contribution is 2.30. The Morgan fingerprint density at radius 3 is 2.62 bits per heavy atom. The van der Waals surface area contributed by atoms with Crippen LogP contribution in [0, 0.1) is 18.6 Å². The third-order valence-electron chi connectivity index (χ3n) is 3.42. The van der Waals surface area contributed by atoms with E-state index in [4.69, 9.17) is 21.8 Å². The molecular weight excluding hydrogens is 296 g/mol. The molecule has 1 unspecified atom stereocenters. The highest BCUT2D eigenvalue weighted by Gasteiger charge is 2.19. The van der Waals surface area contributed by atoms with Crippen molar-refractivity contribution in [1.29, 1.82) is 0 Å². The number of halogens is 3. The summed E-state index contributed by atoms with van der Waals surface area (Å²) in [5.41, 5.74) is 7.19. The molecular formula is C16H12ClF2NO. The van der Waals surface area contributed by atoms with Gasteiger partial charge in [0.1, 0.15) is 23.0 Å². The minimum absolute atomic E-state index is 0.194. The molecule has 0 amide bonds. The van der Waals surface area contributed by atoms with Gasteiger partial charge in [-0.3, -0.25) is 0 Å². The largest absolute Gasteiger partial charge is 0.459 e. The molecule has 1 aromatic heterocycles. The van der Waals surface area contributed by atoms with Crippen LogP contribution in [-0.2, 0) is 0 Å². The molecule has 3 aromatic rings. The van der Waals surface area contributed by atoms with Gasteiger partial charge < -0.3 is 10.2 Å². The van der Waals surface area contributed by atoms with Crippen LogP contribution in [0.1, 0.15) is 22.9 Å². The van der Waals surface area contributed by atoms with E-state index >= 15 is 0 Å². The van der Waals surface area contributed by atoms with Crippen LogP contribution in [0.5, 0.6) is 0 Å². The molecule has 21 heavy (non-hydrogen) atoms. The Kier molecular flexibility index (Phi) is 3.43. The summed E-state index contributed by atoms with van der Waals surface area (Å²) in [5.74, 6) is -0.888. The van der Waals surface area contributed by atoms with Gasteiger partial charge in [-0.1, -0.05) is 11.6 Å². The molecule has 2 aromatic carbocycles. The predicted octanol–water partition coefficient (Wildman–Crippen LogP) is 4.72. The molecule has 0 aliphatic heterocycles. The van der Waals surface area contributed by atoms with E-state index in [1.165, 1.54) is 6.07 Å². The van der Waals surface area contributed by atoms with Crippen molar-refractivity contribution in [2.45, 2.75) is 13.0 Å². The number of nitrogens with two attached hydrogens (primary N) is 1. The van der Waals surface area contributed by atoms with Crippen molar-refractivity contribution in [2.75, 3.05) is 0 Å². The number of aryl methyl sites for hydroxylation is 1. The van der Waals surface area contributed by atoms with Gasteiger partial charge in [0.25, 0.3) is 0 Å². The maximum absolute atomic E-state index is 13.9. The maximum atomic E-state index is 13.9. The lowest BCUT2D eigenvalue weighted by molar-refractivity contribution is 0.505. The number of hydrogen-bond donors (Lipinski definition) is 1. The van der Waals surface area contributed by atoms with E-state index in [0.29, 0.717) is 21.9 Å². The Morgan fingerprint density at radius 2 is 1.86 bits per heavy atom. The first-order chi connectivity index (χ1) is 9.95. The van der Waals surface area contributed by atoms with Crippen molar-refractivity contribution in [2.24, 2.45) is 5.73 Å². The van der Waals surface area contributed by atoms with Gasteiger partial charge in [0.15, 0.2) is 0 Å². The Hall–Kier alpha value is -1.91. The van der Waals surface area contributed by atoms with Gasteiger partial charge in [-0.2, -0.15) is 0 Å². The van der Waals surface area contributed by atoms with E-state index in [0.717, 1.165) is 11.5 Å². The van der Waals surface area contributed by atoms with Gasteiger partial charge in [-0.15, -0.1) is 0 Å². The summed E-state index contributed by atoms with van der Waals surface area (Å²) in [6.45, 7) is 1.56. The summed E-state index contributed by atoms with van der Waals surface area (Å²) in [6, 6.07) is 8.30. The maximum Gasteiger partial charge on any atom is 0.134 e. The van der Waals surface area contributed by atoms with Crippen molar-refractivity contribution in [3.05, 3.63) is 69.9 Å². The zero-order valence-corrected chi connectivity index (χ0v) is 11.9. The lowest BCUT2D eigenvalue weighted by atomic mass is 10.0. The number of benzene rings is 2. The first-order valence-corrected chi connectivity index (χ1v) is 6.73. The Bertz CT molecular complexity index is 829. The zero-order valence-electron chi connectivity index (χ0n) is 11.2. The molecule has 0 saturated carbocycles. The summed E-state index contributed by atoms with van der Waals surface area (Å²) >= 11 is 5.91. The standard InChI is InChI=1S/C16H12ClF2NO/c1-8-4-11(13(19)7-12(8)18)16(20)15-6-9-5-10(17)2-3-14(9)21-15/h2-7,16H,20H2,1H3. The van der Waals surface area contributed by atoms with Gasteiger partial charge in [0.2, 0.25) is 0 Å². The quantitative estimate of drug-likeness (QED) is 0.744. The van der Waals surface area contributed by atoms with Crippen LogP contribution in [-0.4, -0.2) is 0 Å². The molecule has 2 N–H and O–H groups in total. The van der Waals surface area contributed by atoms with Crippen molar-refractivity contribution < 1.29 is 13.2 Å². The second-order valence-electron chi connectivity index (χ2n) is 4.93. The first kappa shape index (κ1) is 14.0. The molecule has 0 fully saturated rings. The summed E-state index contributed by atoms with van der Waals surface area (Å²) in [5, 5.41) is 1.36. The SMILES string of the molecule is Cc1cc(C(N)c2cc3cc(Cl)ccc3o2)c(F)cc1F. The average Bonchev–Trinajstić information content (AvgIpc) is 2.85. The molecule has 1 atom stereocenters. The van der Waals surface area contributed by atoms with Crippen LogP contribution in [0.25, 0.3) is 11.0 Å². The number of fused-ring (bicyclic) bond motifs is 1. The summed E-state index contributed by atoms with van der Waals surface area (Å²) in [6.07, 6.45) is 0. The second-order valence-corrected chi connectivity index (χ2v) is 5.37. The summed E-state index contributed by atoms with van der Waals surface area (Å²) in [7, 11) is 0. The van der Waals surface area contributed by atoms with Crippen LogP contribution in [0.15, 0.2) is 40.8 Å². The summed E-state index contributed by atoms with van der Waals surface area (Å²) < 4.78 is 32.8. The zero-order chi connectivity index (χ0) is 15.1. The van der Waals surface area contributed by atoms with Gasteiger partial charge in [0, 0.05) is 22.0 Å². The van der Waals surface area contributed by atoms with Crippen LogP contribution in [0.4, 0.5) is 8.78 Å². The van der Waals surface area contributed by atoms with Gasteiger partial charge in [-0.05, 0) is 42.8 Å². The molecule has 0 aliphatic carbocycles. The Balaban J connectivity index is 2.07. The van der Waals surface area contributed by atoms with E-state index in [1.54, 1.807) is 31.2 Å². The molecule has 0 bridgehead atoms. The smallest absolute Gasteiger partial charge is 0.134 e. The molecule has 2 nitrogen and oxygen atoms in total. The highest BCUT2D eigenvalue weighted by molar-refractivity contribution is 6.31. The van der Waals surface area contributed by atoms with Crippen molar-refractivity contribution in [3.8, 4) is 0 Å². The molecule has 0 radical (unpaired) electrons. The number of hydrogen-bond acceptors (Lipinski definition) is 2. The van der Waals surface area contributed by atoms with Gasteiger partial charge in [0.05, 0.1) is 6.04 Å². The fourth-order valence-corrected chi connectivity index (χ4v) is 2.44. The topological polar surface area (TPSA) is 39.2 Å². The van der Waals surface area contributed by atoms with Crippen molar-refractivity contribution in [3.63, 3.8) is 0 Å². The normalized spacial score (nSPS) is 12.8. The van der Waals surface area contributed by atoms with E-state index in [9.17, 15) is 8.78 Å². The number of rotatable bonds is 2. The minimum Gasteiger partial charge on any atom is -0.459 e. The fraction of sp³-hybridized carbons (Fsp3) is 0.125. The monoisotopic (exact) mass is 307 g/mol. The van der Waals surface area contributed by atoms with Gasteiger partial charge >= 0.3 is 0 Å². The Morgan fingerprint density at radius 1 is 1.10 bits per heavy atom. The van der Waals surface area contributed by atoms with Crippen LogP contribution >= 0.6 is 11.6 Å². The third kappa shape index (κ3) is 2.52. The molecule has 5 heteroatoms. The highest BCUT2D eigenvalue weighted by atomic mass is 35.5. The van der Waals surface area contributed by atoms with Crippen LogP contribution in [0.2, 0.25) is 5.02 Å². The lowest BCUT2D eigenvalue weighted by Crippen LogP contribution is -2.13. The molecule has 1 heterocycles. The fourth-order valence-electron chi connectivity index (χ4n) is 2.26. The molecule has 0 saturated heterocycles. The Labute approximate surface area is 125 Å². The molecule has 0 aliphatic rings. The molecule has 108 valence electrons. The lowest BCUT2D eigenvalue weighted by Gasteiger charge is -2.11. The first-order valence-electron chi connectivity index (χ1n) is 6.36. The molecule has 3 rings (SSSR count). The van der Waals surface area contributed by atoms with Crippen molar-refractivity contribution >= 4 is 22.6 Å².